The van der Waals surface area contributed by atoms with Crippen molar-refractivity contribution in [3.63, 3.8) is 0 Å². The van der Waals surface area contributed by atoms with Crippen molar-refractivity contribution < 1.29 is 9.53 Å². The Morgan fingerprint density at radius 3 is 2.56 bits per heavy atom. The second-order valence-corrected chi connectivity index (χ2v) is 6.45. The maximum Gasteiger partial charge on any atom is 0.223 e. The molecule has 1 N–H and O–H groups in total. The van der Waals surface area contributed by atoms with Gasteiger partial charge in [-0.15, -0.1) is 24.0 Å². The molecule has 0 unspecified atom stereocenters. The van der Waals surface area contributed by atoms with Crippen LogP contribution in [0.15, 0.2) is 29.3 Å². The van der Waals surface area contributed by atoms with Crippen molar-refractivity contribution in [1.82, 2.24) is 15.1 Å². The molecule has 0 radical (unpaired) electrons. The Morgan fingerprint density at radius 1 is 1.26 bits per heavy atom. The van der Waals surface area contributed by atoms with Crippen molar-refractivity contribution in [2.75, 3.05) is 65.4 Å². The molecule has 0 aliphatic carbocycles. The first kappa shape index (κ1) is 23.3. The average Bonchev–Trinajstić information content (AvgIpc) is 2.67. The summed E-state index contributed by atoms with van der Waals surface area (Å²) in [6.45, 7) is 7.02. The highest BCUT2D eigenvalue weighted by Gasteiger charge is 2.20. The summed E-state index contributed by atoms with van der Waals surface area (Å²) in [4.78, 5) is 22.6. The van der Waals surface area contributed by atoms with E-state index in [9.17, 15) is 4.79 Å². The lowest BCUT2D eigenvalue weighted by molar-refractivity contribution is -0.128. The van der Waals surface area contributed by atoms with Gasteiger partial charge in [0, 0.05) is 65.0 Å². The summed E-state index contributed by atoms with van der Waals surface area (Å²) in [5, 5.41) is 3.34. The number of hydrogen-bond acceptors (Lipinski definition) is 4. The van der Waals surface area contributed by atoms with Gasteiger partial charge in [0.15, 0.2) is 5.96 Å². The third-order valence-corrected chi connectivity index (χ3v) is 4.42. The van der Waals surface area contributed by atoms with E-state index in [2.05, 4.69) is 39.2 Å². The van der Waals surface area contributed by atoms with Crippen LogP contribution in [-0.4, -0.2) is 82.1 Å². The van der Waals surface area contributed by atoms with Crippen molar-refractivity contribution in [2.45, 2.75) is 13.3 Å². The van der Waals surface area contributed by atoms with E-state index in [1.807, 2.05) is 12.1 Å². The lowest BCUT2D eigenvalue weighted by Gasteiger charge is -2.37. The molecule has 1 aliphatic heterocycles. The molecule has 0 bridgehead atoms. The molecular formula is C19H32IN5O2. The SMILES string of the molecule is CCNC(=NCCC(=O)N(C)C)N1CCN(c2cccc(OC)c2)CC1.I. The number of amides is 1. The average molecular weight is 489 g/mol. The lowest BCUT2D eigenvalue weighted by Crippen LogP contribution is -2.52. The molecule has 1 aliphatic rings. The largest absolute Gasteiger partial charge is 0.497 e. The zero-order valence-corrected chi connectivity index (χ0v) is 19.1. The van der Waals surface area contributed by atoms with E-state index in [-0.39, 0.29) is 29.9 Å². The number of nitrogens with zero attached hydrogens (tertiary/aromatic N) is 4. The number of halogens is 1. The zero-order chi connectivity index (χ0) is 18.9. The molecule has 1 heterocycles. The Hall–Kier alpha value is -1.71. The Morgan fingerprint density at radius 2 is 1.96 bits per heavy atom. The number of aliphatic imine (C=N–C) groups is 1. The van der Waals surface area contributed by atoms with Crippen molar-refractivity contribution in [3.05, 3.63) is 24.3 Å². The van der Waals surface area contributed by atoms with E-state index in [1.54, 1.807) is 26.1 Å². The van der Waals surface area contributed by atoms with E-state index >= 15 is 0 Å². The van der Waals surface area contributed by atoms with Crippen LogP contribution >= 0.6 is 24.0 Å². The van der Waals surface area contributed by atoms with Gasteiger partial charge in [-0.25, -0.2) is 0 Å². The fraction of sp³-hybridized carbons (Fsp3) is 0.579. The number of carbonyl (C=O) groups is 1. The minimum absolute atomic E-state index is 0. The molecule has 0 atom stereocenters. The Labute approximate surface area is 179 Å². The van der Waals surface area contributed by atoms with Gasteiger partial charge in [0.25, 0.3) is 0 Å². The predicted octanol–water partition coefficient (Wildman–Crippen LogP) is 1.88. The van der Waals surface area contributed by atoms with Gasteiger partial charge in [-0.2, -0.15) is 0 Å². The summed E-state index contributed by atoms with van der Waals surface area (Å²) in [5.41, 5.74) is 1.18. The number of nitrogens with one attached hydrogen (secondary N) is 1. The molecule has 1 saturated heterocycles. The maximum atomic E-state index is 11.7. The minimum atomic E-state index is 0. The summed E-state index contributed by atoms with van der Waals surface area (Å²) >= 11 is 0. The van der Waals surface area contributed by atoms with Gasteiger partial charge < -0.3 is 24.8 Å². The third kappa shape index (κ3) is 7.08. The highest BCUT2D eigenvalue weighted by Crippen LogP contribution is 2.22. The van der Waals surface area contributed by atoms with E-state index in [0.29, 0.717) is 13.0 Å². The first-order valence-corrected chi connectivity index (χ1v) is 9.17. The van der Waals surface area contributed by atoms with E-state index in [4.69, 9.17) is 4.74 Å². The van der Waals surface area contributed by atoms with Crippen LogP contribution in [0.1, 0.15) is 13.3 Å². The summed E-state index contributed by atoms with van der Waals surface area (Å²) < 4.78 is 5.32. The zero-order valence-electron chi connectivity index (χ0n) is 16.8. The summed E-state index contributed by atoms with van der Waals surface area (Å²) in [6.07, 6.45) is 0.436. The minimum Gasteiger partial charge on any atom is -0.497 e. The Kier molecular flexibility index (Phi) is 10.3. The van der Waals surface area contributed by atoms with Gasteiger partial charge in [-0.1, -0.05) is 6.07 Å². The van der Waals surface area contributed by atoms with Crippen LogP contribution in [0.5, 0.6) is 5.75 Å². The molecule has 7 nitrogen and oxygen atoms in total. The first-order valence-electron chi connectivity index (χ1n) is 9.17. The normalized spacial score (nSPS) is 14.4. The molecule has 27 heavy (non-hydrogen) atoms. The summed E-state index contributed by atoms with van der Waals surface area (Å²) in [7, 11) is 5.24. The monoisotopic (exact) mass is 489 g/mol. The number of piperazine rings is 1. The van der Waals surface area contributed by atoms with Crippen LogP contribution in [0.3, 0.4) is 0 Å². The topological polar surface area (TPSA) is 60.4 Å². The molecule has 1 fully saturated rings. The highest BCUT2D eigenvalue weighted by molar-refractivity contribution is 14.0. The van der Waals surface area contributed by atoms with Crippen LogP contribution < -0.4 is 15.0 Å². The number of guanidine groups is 1. The summed E-state index contributed by atoms with van der Waals surface area (Å²) in [5.74, 6) is 1.88. The van der Waals surface area contributed by atoms with Gasteiger partial charge in [-0.05, 0) is 19.1 Å². The lowest BCUT2D eigenvalue weighted by atomic mass is 10.2. The molecule has 2 rings (SSSR count). The highest BCUT2D eigenvalue weighted by atomic mass is 127. The maximum absolute atomic E-state index is 11.7. The quantitative estimate of drug-likeness (QED) is 0.376. The summed E-state index contributed by atoms with van der Waals surface area (Å²) in [6, 6.07) is 8.17. The number of anilines is 1. The third-order valence-electron chi connectivity index (χ3n) is 4.42. The molecule has 152 valence electrons. The van der Waals surface area contributed by atoms with Crippen LogP contribution in [0.4, 0.5) is 5.69 Å². The molecular weight excluding hydrogens is 457 g/mol. The van der Waals surface area contributed by atoms with E-state index < -0.39 is 0 Å². The van der Waals surface area contributed by atoms with E-state index in [1.165, 1.54) is 5.69 Å². The van der Waals surface area contributed by atoms with Crippen molar-refractivity contribution >= 4 is 41.5 Å². The van der Waals surface area contributed by atoms with Gasteiger partial charge in [0.2, 0.25) is 5.91 Å². The second kappa shape index (κ2) is 11.9. The Bertz CT molecular complexity index is 616. The van der Waals surface area contributed by atoms with Crippen LogP contribution in [0, 0.1) is 0 Å². The molecule has 1 aromatic rings. The number of rotatable bonds is 6. The predicted molar refractivity (Wildman–Crippen MR) is 121 cm³/mol. The smallest absolute Gasteiger partial charge is 0.223 e. The number of carbonyl (C=O) groups excluding carboxylic acids is 1. The molecule has 0 saturated carbocycles. The molecule has 1 amide bonds. The van der Waals surface area contributed by atoms with Crippen molar-refractivity contribution in [3.8, 4) is 5.75 Å². The van der Waals surface area contributed by atoms with Crippen molar-refractivity contribution in [1.29, 1.82) is 0 Å². The number of hydrogen-bond donors (Lipinski definition) is 1. The Balaban J connectivity index is 0.00000364. The van der Waals surface area contributed by atoms with Gasteiger partial charge in [0.05, 0.1) is 13.7 Å². The fourth-order valence-electron chi connectivity index (χ4n) is 2.89. The van der Waals surface area contributed by atoms with Gasteiger partial charge in [-0.3, -0.25) is 9.79 Å². The molecule has 0 spiro atoms. The second-order valence-electron chi connectivity index (χ2n) is 6.45. The standard InChI is InChI=1S/C19H31N5O2.HI/c1-5-20-19(21-10-9-18(25)22(2)3)24-13-11-23(12-14-24)16-7-6-8-17(15-16)26-4;/h6-8,15H,5,9-14H2,1-4H3,(H,20,21);1H. The molecule has 1 aromatic carbocycles. The molecule has 8 heteroatoms. The van der Waals surface area contributed by atoms with Crippen molar-refractivity contribution in [2.24, 2.45) is 4.99 Å². The first-order chi connectivity index (χ1) is 12.5. The van der Waals surface area contributed by atoms with Crippen LogP contribution in [0.25, 0.3) is 0 Å². The van der Waals surface area contributed by atoms with Gasteiger partial charge in [0.1, 0.15) is 5.75 Å². The van der Waals surface area contributed by atoms with Crippen LogP contribution in [-0.2, 0) is 4.79 Å². The number of ether oxygens (including phenoxy) is 1. The number of methoxy groups -OCH3 is 1. The van der Waals surface area contributed by atoms with Crippen LogP contribution in [0.2, 0.25) is 0 Å². The van der Waals surface area contributed by atoms with Gasteiger partial charge >= 0.3 is 0 Å². The number of benzene rings is 1. The fourth-order valence-corrected chi connectivity index (χ4v) is 2.89. The molecule has 0 aromatic heterocycles. The van der Waals surface area contributed by atoms with E-state index in [0.717, 1.165) is 44.4 Å².